The molecule has 0 aromatic heterocycles. The molecular weight excluding hydrogens is 379 g/mol. The summed E-state index contributed by atoms with van der Waals surface area (Å²) in [7, 11) is 0. The second kappa shape index (κ2) is 7.23. The van der Waals surface area contributed by atoms with Crippen LogP contribution >= 0.6 is 11.6 Å². The van der Waals surface area contributed by atoms with E-state index in [9.17, 15) is 18.3 Å². The number of halogens is 4. The van der Waals surface area contributed by atoms with E-state index in [1.807, 2.05) is 6.92 Å². The van der Waals surface area contributed by atoms with Crippen molar-refractivity contribution in [3.05, 3.63) is 64.2 Å². The highest BCUT2D eigenvalue weighted by molar-refractivity contribution is 6.32. The number of nitrogens with one attached hydrogen (secondary N) is 1. The van der Waals surface area contributed by atoms with Crippen molar-refractivity contribution in [2.45, 2.75) is 19.5 Å². The number of phenolic OH excluding ortho intramolecular Hbond substituents is 1. The fourth-order valence-corrected chi connectivity index (χ4v) is 3.10. The molecule has 0 aliphatic carbocycles. The Balaban J connectivity index is 1.76. The molecule has 1 unspecified atom stereocenters. The summed E-state index contributed by atoms with van der Waals surface area (Å²) in [5.74, 6) is 0.0707. The third-order valence-corrected chi connectivity index (χ3v) is 4.67. The molecule has 1 atom stereocenters. The molecule has 8 heteroatoms. The molecule has 142 valence electrons. The molecule has 0 radical (unpaired) electrons. The predicted molar refractivity (Wildman–Crippen MR) is 98.4 cm³/mol. The van der Waals surface area contributed by atoms with Gasteiger partial charge in [0.25, 0.3) is 0 Å². The van der Waals surface area contributed by atoms with E-state index in [4.69, 9.17) is 17.0 Å². The van der Waals surface area contributed by atoms with Gasteiger partial charge in [0.2, 0.25) is 0 Å². The summed E-state index contributed by atoms with van der Waals surface area (Å²) >= 11 is 5.95. The van der Waals surface area contributed by atoms with Crippen LogP contribution in [0, 0.1) is 11.3 Å². The van der Waals surface area contributed by atoms with Gasteiger partial charge in [-0.15, -0.1) is 0 Å². The molecule has 1 heterocycles. The van der Waals surface area contributed by atoms with E-state index >= 15 is 0 Å². The topological polar surface area (TPSA) is 59.7 Å². The number of aromatic hydroxyl groups is 1. The lowest BCUT2D eigenvalue weighted by Crippen LogP contribution is -2.26. The molecular formula is C19H17ClF3N3O. The second-order valence-corrected chi connectivity index (χ2v) is 6.83. The first kappa shape index (κ1) is 19.2. The van der Waals surface area contributed by atoms with Gasteiger partial charge in [0.1, 0.15) is 11.6 Å². The third kappa shape index (κ3) is 4.08. The van der Waals surface area contributed by atoms with Crippen LogP contribution in [0.1, 0.15) is 23.6 Å². The SMILES string of the molecule is CC1CN(C(=N)Cc2ccc(C(F)(F)F)cc2)N=C1c1cccc(Cl)c1O. The average Bonchev–Trinajstić information content (AvgIpc) is 2.99. The Morgan fingerprint density at radius 1 is 1.26 bits per heavy atom. The number of benzene rings is 2. The molecule has 0 amide bonds. The van der Waals surface area contributed by atoms with Crippen LogP contribution in [0.3, 0.4) is 0 Å². The van der Waals surface area contributed by atoms with Gasteiger partial charge in [-0.2, -0.15) is 18.3 Å². The summed E-state index contributed by atoms with van der Waals surface area (Å²) in [6.45, 7) is 2.37. The van der Waals surface area contributed by atoms with Crippen molar-refractivity contribution in [1.82, 2.24) is 5.01 Å². The number of hydrogen-bond donors (Lipinski definition) is 2. The van der Waals surface area contributed by atoms with Gasteiger partial charge in [-0.3, -0.25) is 10.4 Å². The van der Waals surface area contributed by atoms with Gasteiger partial charge >= 0.3 is 6.18 Å². The minimum absolute atomic E-state index is 0.0395. The molecule has 2 N–H and O–H groups in total. The van der Waals surface area contributed by atoms with Crippen LogP contribution in [0.5, 0.6) is 5.75 Å². The summed E-state index contributed by atoms with van der Waals surface area (Å²) < 4.78 is 37.9. The molecule has 0 bridgehead atoms. The number of amidine groups is 1. The predicted octanol–water partition coefficient (Wildman–Crippen LogP) is 4.94. The molecule has 0 saturated carbocycles. The Hall–Kier alpha value is -2.54. The van der Waals surface area contributed by atoms with E-state index in [-0.39, 0.29) is 28.9 Å². The van der Waals surface area contributed by atoms with Gasteiger partial charge in [0.05, 0.1) is 22.8 Å². The third-order valence-electron chi connectivity index (χ3n) is 4.37. The van der Waals surface area contributed by atoms with Crippen LogP contribution in [0.2, 0.25) is 5.02 Å². The summed E-state index contributed by atoms with van der Waals surface area (Å²) in [6, 6.07) is 9.74. The standard InChI is InChI=1S/C19H17ClF3N3O/c1-11-10-26(25-17(11)14-3-2-4-15(20)18(14)27)16(24)9-12-5-7-13(8-6-12)19(21,22)23/h2-8,11,24,27H,9-10H2,1H3. The molecule has 2 aromatic rings. The van der Waals surface area contributed by atoms with E-state index in [0.717, 1.165) is 12.1 Å². The number of hydrogen-bond acceptors (Lipinski definition) is 3. The lowest BCUT2D eigenvalue weighted by Gasteiger charge is -2.16. The van der Waals surface area contributed by atoms with Gasteiger partial charge in [-0.25, -0.2) is 0 Å². The number of phenols is 1. The number of rotatable bonds is 3. The highest BCUT2D eigenvalue weighted by atomic mass is 35.5. The van der Waals surface area contributed by atoms with E-state index in [2.05, 4.69) is 5.10 Å². The Bertz CT molecular complexity index is 894. The van der Waals surface area contributed by atoms with Crippen LogP contribution in [-0.4, -0.2) is 28.2 Å². The zero-order chi connectivity index (χ0) is 19.8. The van der Waals surface area contributed by atoms with Crippen LogP contribution in [0.15, 0.2) is 47.6 Å². The highest BCUT2D eigenvalue weighted by Crippen LogP contribution is 2.32. The van der Waals surface area contributed by atoms with Crippen LogP contribution in [-0.2, 0) is 12.6 Å². The Morgan fingerprint density at radius 3 is 2.56 bits per heavy atom. The molecule has 3 rings (SSSR count). The van der Waals surface area contributed by atoms with Crippen molar-refractivity contribution in [2.24, 2.45) is 11.0 Å². The Morgan fingerprint density at radius 2 is 1.93 bits per heavy atom. The summed E-state index contributed by atoms with van der Waals surface area (Å²) in [5.41, 5.74) is 1.01. The second-order valence-electron chi connectivity index (χ2n) is 6.42. The number of para-hydroxylation sites is 1. The molecule has 27 heavy (non-hydrogen) atoms. The maximum Gasteiger partial charge on any atom is 0.416 e. The lowest BCUT2D eigenvalue weighted by atomic mass is 9.98. The van der Waals surface area contributed by atoms with Crippen molar-refractivity contribution in [3.8, 4) is 5.75 Å². The Kier molecular flexibility index (Phi) is 5.15. The minimum Gasteiger partial charge on any atom is -0.506 e. The van der Waals surface area contributed by atoms with Crippen molar-refractivity contribution in [1.29, 1.82) is 5.41 Å². The average molecular weight is 396 g/mol. The fraction of sp³-hybridized carbons (Fsp3) is 0.263. The first-order chi connectivity index (χ1) is 12.7. The molecule has 4 nitrogen and oxygen atoms in total. The first-order valence-electron chi connectivity index (χ1n) is 8.24. The quantitative estimate of drug-likeness (QED) is 0.571. The summed E-state index contributed by atoms with van der Waals surface area (Å²) in [4.78, 5) is 0. The van der Waals surface area contributed by atoms with Crippen molar-refractivity contribution < 1.29 is 18.3 Å². The van der Waals surface area contributed by atoms with Crippen molar-refractivity contribution in [2.75, 3.05) is 6.54 Å². The van der Waals surface area contributed by atoms with E-state index in [0.29, 0.717) is 23.4 Å². The minimum atomic E-state index is -4.38. The van der Waals surface area contributed by atoms with Gasteiger partial charge < -0.3 is 5.11 Å². The molecule has 2 aromatic carbocycles. The molecule has 1 aliphatic heterocycles. The normalized spacial score (nSPS) is 17.1. The number of nitrogens with zero attached hydrogens (tertiary/aromatic N) is 2. The van der Waals surface area contributed by atoms with Gasteiger partial charge in [-0.05, 0) is 29.8 Å². The van der Waals surface area contributed by atoms with Gasteiger partial charge in [0.15, 0.2) is 0 Å². The lowest BCUT2D eigenvalue weighted by molar-refractivity contribution is -0.137. The number of hydrazone groups is 1. The van der Waals surface area contributed by atoms with E-state index in [1.165, 1.54) is 17.1 Å². The molecule has 0 fully saturated rings. The van der Waals surface area contributed by atoms with Crippen LogP contribution in [0.4, 0.5) is 13.2 Å². The monoisotopic (exact) mass is 395 g/mol. The highest BCUT2D eigenvalue weighted by Gasteiger charge is 2.31. The van der Waals surface area contributed by atoms with E-state index < -0.39 is 11.7 Å². The van der Waals surface area contributed by atoms with Gasteiger partial charge in [0, 0.05) is 17.9 Å². The van der Waals surface area contributed by atoms with Gasteiger partial charge in [-0.1, -0.05) is 36.7 Å². The zero-order valence-corrected chi connectivity index (χ0v) is 15.1. The zero-order valence-electron chi connectivity index (χ0n) is 14.4. The first-order valence-corrected chi connectivity index (χ1v) is 8.62. The Labute approximate surface area is 159 Å². The van der Waals surface area contributed by atoms with Crippen molar-refractivity contribution in [3.63, 3.8) is 0 Å². The van der Waals surface area contributed by atoms with Crippen molar-refractivity contribution >= 4 is 23.1 Å². The molecule has 1 aliphatic rings. The maximum absolute atomic E-state index is 12.6. The largest absolute Gasteiger partial charge is 0.506 e. The molecule has 0 spiro atoms. The summed E-state index contributed by atoms with van der Waals surface area (Å²) in [6.07, 6.45) is -4.22. The van der Waals surface area contributed by atoms with Crippen LogP contribution in [0.25, 0.3) is 0 Å². The smallest absolute Gasteiger partial charge is 0.416 e. The summed E-state index contributed by atoms with van der Waals surface area (Å²) in [5, 5.41) is 24.5. The molecule has 0 saturated heterocycles. The van der Waals surface area contributed by atoms with E-state index in [1.54, 1.807) is 18.2 Å². The van der Waals surface area contributed by atoms with Crippen LogP contribution < -0.4 is 0 Å². The number of alkyl halides is 3. The fourth-order valence-electron chi connectivity index (χ4n) is 2.92. The maximum atomic E-state index is 12.6.